The third-order valence-corrected chi connectivity index (χ3v) is 1.65. The third-order valence-electron chi connectivity index (χ3n) is 1.65. The Morgan fingerprint density at radius 2 is 2.08 bits per heavy atom. The molecule has 0 saturated carbocycles. The van der Waals surface area contributed by atoms with Gasteiger partial charge in [-0.05, 0) is 5.56 Å². The number of carbonyl (C=O) groups excluding carboxylic acids is 1. The van der Waals surface area contributed by atoms with Gasteiger partial charge >= 0.3 is 0 Å². The van der Waals surface area contributed by atoms with E-state index in [4.69, 9.17) is 4.74 Å². The molecule has 1 aromatic rings. The van der Waals surface area contributed by atoms with Crippen molar-refractivity contribution in [2.45, 2.75) is 6.10 Å². The van der Waals surface area contributed by atoms with E-state index in [0.29, 0.717) is 6.61 Å². The smallest absolute Gasteiger partial charge is 0.153 e. The van der Waals surface area contributed by atoms with Gasteiger partial charge in [0, 0.05) is 0 Å². The molecule has 0 fully saturated rings. The summed E-state index contributed by atoms with van der Waals surface area (Å²) in [5.74, 6) is 0. The molecule has 0 saturated heterocycles. The van der Waals surface area contributed by atoms with Gasteiger partial charge in [0.2, 0.25) is 0 Å². The van der Waals surface area contributed by atoms with Crippen LogP contribution in [0.15, 0.2) is 43.0 Å². The monoisotopic (exact) mass is 176 g/mol. The Labute approximate surface area is 77.8 Å². The number of benzene rings is 1. The molecule has 2 heteroatoms. The summed E-state index contributed by atoms with van der Waals surface area (Å²) in [6.07, 6.45) is 1.94. The number of hydrogen-bond donors (Lipinski definition) is 0. The molecule has 1 atom stereocenters. The van der Waals surface area contributed by atoms with Gasteiger partial charge in [-0.3, -0.25) is 0 Å². The van der Waals surface area contributed by atoms with Gasteiger partial charge in [-0.1, -0.05) is 36.4 Å². The van der Waals surface area contributed by atoms with Gasteiger partial charge in [-0.15, -0.1) is 6.58 Å². The fourth-order valence-corrected chi connectivity index (χ4v) is 1.03. The molecule has 0 aliphatic rings. The van der Waals surface area contributed by atoms with Crippen LogP contribution in [0, 0.1) is 0 Å². The van der Waals surface area contributed by atoms with E-state index >= 15 is 0 Å². The molecular formula is C11H12O2. The van der Waals surface area contributed by atoms with Gasteiger partial charge in [0.15, 0.2) is 6.29 Å². The minimum absolute atomic E-state index is 0.387. The van der Waals surface area contributed by atoms with Crippen LogP contribution in [0.3, 0.4) is 0 Å². The summed E-state index contributed by atoms with van der Waals surface area (Å²) in [7, 11) is 0. The van der Waals surface area contributed by atoms with Crippen molar-refractivity contribution in [1.29, 1.82) is 0 Å². The van der Waals surface area contributed by atoms with Crippen LogP contribution in [0.4, 0.5) is 0 Å². The van der Waals surface area contributed by atoms with E-state index in [1.807, 2.05) is 30.3 Å². The maximum absolute atomic E-state index is 10.7. The number of carbonyl (C=O) groups is 1. The Kier molecular flexibility index (Phi) is 3.93. The zero-order valence-corrected chi connectivity index (χ0v) is 7.35. The number of hydrogen-bond acceptors (Lipinski definition) is 2. The maximum Gasteiger partial charge on any atom is 0.153 e. The molecule has 0 aliphatic heterocycles. The Morgan fingerprint density at radius 1 is 1.38 bits per heavy atom. The highest BCUT2D eigenvalue weighted by atomic mass is 16.5. The Balaban J connectivity index is 2.66. The van der Waals surface area contributed by atoms with E-state index in [9.17, 15) is 4.79 Å². The van der Waals surface area contributed by atoms with Gasteiger partial charge < -0.3 is 9.53 Å². The fraction of sp³-hybridized carbons (Fsp3) is 0.182. The maximum atomic E-state index is 10.7. The van der Waals surface area contributed by atoms with E-state index in [2.05, 4.69) is 6.58 Å². The molecule has 0 N–H and O–H groups in total. The van der Waals surface area contributed by atoms with Crippen molar-refractivity contribution in [3.63, 3.8) is 0 Å². The first-order valence-corrected chi connectivity index (χ1v) is 4.11. The summed E-state index contributed by atoms with van der Waals surface area (Å²) in [4.78, 5) is 10.7. The topological polar surface area (TPSA) is 26.3 Å². The van der Waals surface area contributed by atoms with Gasteiger partial charge in [-0.25, -0.2) is 0 Å². The first-order chi connectivity index (χ1) is 6.38. The zero-order chi connectivity index (χ0) is 9.52. The van der Waals surface area contributed by atoms with E-state index in [1.54, 1.807) is 6.08 Å². The normalized spacial score (nSPS) is 12.0. The second-order valence-electron chi connectivity index (χ2n) is 2.59. The highest BCUT2D eigenvalue weighted by Crippen LogP contribution is 2.13. The highest BCUT2D eigenvalue weighted by Gasteiger charge is 2.08. The molecule has 0 unspecified atom stereocenters. The summed E-state index contributed by atoms with van der Waals surface area (Å²) >= 11 is 0. The molecule has 1 aromatic carbocycles. The predicted octanol–water partition coefficient (Wildman–Crippen LogP) is 2.13. The Hall–Kier alpha value is -1.41. The first kappa shape index (κ1) is 9.68. The molecule has 0 bridgehead atoms. The average Bonchev–Trinajstić information content (AvgIpc) is 2.21. The van der Waals surface area contributed by atoms with Crippen LogP contribution < -0.4 is 0 Å². The van der Waals surface area contributed by atoms with E-state index in [-0.39, 0.29) is 0 Å². The molecule has 1 rings (SSSR count). The van der Waals surface area contributed by atoms with E-state index < -0.39 is 6.10 Å². The van der Waals surface area contributed by atoms with Crippen LogP contribution in [0.5, 0.6) is 0 Å². The fourth-order valence-electron chi connectivity index (χ4n) is 1.03. The van der Waals surface area contributed by atoms with Gasteiger partial charge in [0.1, 0.15) is 6.10 Å². The first-order valence-electron chi connectivity index (χ1n) is 4.11. The molecule has 0 radical (unpaired) electrons. The minimum atomic E-state index is -0.473. The minimum Gasteiger partial charge on any atom is -0.362 e. The van der Waals surface area contributed by atoms with Crippen LogP contribution in [0.2, 0.25) is 0 Å². The van der Waals surface area contributed by atoms with Crippen LogP contribution in [0.25, 0.3) is 0 Å². The molecule has 68 valence electrons. The predicted molar refractivity (Wildman–Crippen MR) is 51.4 cm³/mol. The van der Waals surface area contributed by atoms with Crippen molar-refractivity contribution in [2.75, 3.05) is 6.61 Å². The lowest BCUT2D eigenvalue weighted by molar-refractivity contribution is -0.117. The molecule has 0 heterocycles. The van der Waals surface area contributed by atoms with Crippen molar-refractivity contribution in [3.05, 3.63) is 48.6 Å². The molecule has 2 nitrogen and oxygen atoms in total. The SMILES string of the molecule is C=CCO[C@H](C=O)c1ccccc1. The standard InChI is InChI=1S/C11H12O2/c1-2-8-13-11(9-12)10-6-4-3-5-7-10/h2-7,9,11H,1,8H2/t11-/m1/s1. The van der Waals surface area contributed by atoms with E-state index in [1.165, 1.54) is 0 Å². The molecule has 0 aromatic heterocycles. The molecule has 0 amide bonds. The molecular weight excluding hydrogens is 164 g/mol. The summed E-state index contributed by atoms with van der Waals surface area (Å²) in [5, 5.41) is 0. The molecule has 0 aliphatic carbocycles. The summed E-state index contributed by atoms with van der Waals surface area (Å²) in [5.41, 5.74) is 0.874. The highest BCUT2D eigenvalue weighted by molar-refractivity contribution is 5.59. The number of aldehydes is 1. The molecule has 13 heavy (non-hydrogen) atoms. The van der Waals surface area contributed by atoms with Crippen LogP contribution in [-0.4, -0.2) is 12.9 Å². The Morgan fingerprint density at radius 3 is 2.62 bits per heavy atom. The van der Waals surface area contributed by atoms with E-state index in [0.717, 1.165) is 11.8 Å². The summed E-state index contributed by atoms with van der Waals surface area (Å²) in [6, 6.07) is 9.38. The quantitative estimate of drug-likeness (QED) is 0.507. The van der Waals surface area contributed by atoms with Gasteiger partial charge in [0.25, 0.3) is 0 Å². The van der Waals surface area contributed by atoms with Gasteiger partial charge in [-0.2, -0.15) is 0 Å². The lowest BCUT2D eigenvalue weighted by Crippen LogP contribution is -2.05. The Bertz CT molecular complexity index is 267. The lowest BCUT2D eigenvalue weighted by Gasteiger charge is -2.09. The van der Waals surface area contributed by atoms with Crippen LogP contribution in [-0.2, 0) is 9.53 Å². The third kappa shape index (κ3) is 2.84. The number of rotatable bonds is 5. The van der Waals surface area contributed by atoms with Crippen molar-refractivity contribution < 1.29 is 9.53 Å². The van der Waals surface area contributed by atoms with Crippen LogP contribution in [0.1, 0.15) is 11.7 Å². The second-order valence-corrected chi connectivity index (χ2v) is 2.59. The van der Waals surface area contributed by atoms with Crippen molar-refractivity contribution in [2.24, 2.45) is 0 Å². The van der Waals surface area contributed by atoms with Crippen LogP contribution >= 0.6 is 0 Å². The number of ether oxygens (including phenoxy) is 1. The summed E-state index contributed by atoms with van der Waals surface area (Å²) in [6.45, 7) is 3.91. The lowest BCUT2D eigenvalue weighted by atomic mass is 10.1. The van der Waals surface area contributed by atoms with Gasteiger partial charge in [0.05, 0.1) is 6.61 Å². The molecule has 0 spiro atoms. The zero-order valence-electron chi connectivity index (χ0n) is 7.35. The second kappa shape index (κ2) is 5.27. The van der Waals surface area contributed by atoms with Crippen molar-refractivity contribution in [3.8, 4) is 0 Å². The average molecular weight is 176 g/mol. The summed E-state index contributed by atoms with van der Waals surface area (Å²) < 4.78 is 5.24. The largest absolute Gasteiger partial charge is 0.362 e. The van der Waals surface area contributed by atoms with Crippen molar-refractivity contribution >= 4 is 6.29 Å². The van der Waals surface area contributed by atoms with Crippen molar-refractivity contribution in [1.82, 2.24) is 0 Å².